The average Bonchev–Trinajstić information content (AvgIpc) is 2.20. The van der Waals surface area contributed by atoms with Crippen molar-refractivity contribution in [1.29, 1.82) is 0 Å². The summed E-state index contributed by atoms with van der Waals surface area (Å²) < 4.78 is 87.3. The van der Waals surface area contributed by atoms with Crippen LogP contribution in [0.5, 0.6) is 0 Å². The lowest BCUT2D eigenvalue weighted by molar-refractivity contribution is -0.283. The van der Waals surface area contributed by atoms with E-state index in [9.17, 15) is 30.7 Å². The van der Waals surface area contributed by atoms with Crippen molar-refractivity contribution < 1.29 is 30.7 Å². The molecule has 0 saturated carbocycles. The SMILES string of the molecule is Fc1cc(Cl)c(C(Cl)C(F)(F)C(F)(F)F)cc1F. The summed E-state index contributed by atoms with van der Waals surface area (Å²) in [6, 6.07) is 0.378. The van der Waals surface area contributed by atoms with E-state index < -0.39 is 39.7 Å². The fraction of sp³-hybridized carbons (Fsp3) is 0.333. The maximum Gasteiger partial charge on any atom is 0.455 e. The molecule has 0 saturated heterocycles. The largest absolute Gasteiger partial charge is 0.455 e. The van der Waals surface area contributed by atoms with Crippen LogP contribution in [0, 0.1) is 11.6 Å². The predicted octanol–water partition coefficient (Wildman–Crippen LogP) is 5.10. The molecule has 0 N–H and O–H groups in total. The van der Waals surface area contributed by atoms with Gasteiger partial charge in [0, 0.05) is 5.02 Å². The van der Waals surface area contributed by atoms with Crippen molar-refractivity contribution in [1.82, 2.24) is 0 Å². The molecule has 1 aromatic rings. The quantitative estimate of drug-likeness (QED) is 0.405. The van der Waals surface area contributed by atoms with Gasteiger partial charge >= 0.3 is 12.1 Å². The van der Waals surface area contributed by atoms with E-state index in [1.165, 1.54) is 0 Å². The molecule has 102 valence electrons. The van der Waals surface area contributed by atoms with Gasteiger partial charge in [0.05, 0.1) is 0 Å². The third-order valence-corrected chi connectivity index (χ3v) is 2.85. The third kappa shape index (κ3) is 2.66. The van der Waals surface area contributed by atoms with Crippen LogP contribution in [0.15, 0.2) is 12.1 Å². The van der Waals surface area contributed by atoms with Gasteiger partial charge in [0.2, 0.25) is 0 Å². The van der Waals surface area contributed by atoms with Crippen molar-refractivity contribution in [2.24, 2.45) is 0 Å². The topological polar surface area (TPSA) is 0 Å². The molecule has 1 unspecified atom stereocenters. The summed E-state index contributed by atoms with van der Waals surface area (Å²) in [6.45, 7) is 0. The molecular weight excluding hydrogens is 312 g/mol. The minimum absolute atomic E-state index is 0.106. The highest BCUT2D eigenvalue weighted by Gasteiger charge is 2.62. The van der Waals surface area contributed by atoms with Crippen LogP contribution in [0.3, 0.4) is 0 Å². The van der Waals surface area contributed by atoms with Crippen LogP contribution < -0.4 is 0 Å². The second kappa shape index (κ2) is 4.77. The zero-order valence-electron chi connectivity index (χ0n) is 8.13. The van der Waals surface area contributed by atoms with Gasteiger partial charge in [0.1, 0.15) is 5.38 Å². The van der Waals surface area contributed by atoms with E-state index in [2.05, 4.69) is 0 Å². The van der Waals surface area contributed by atoms with Gasteiger partial charge in [-0.1, -0.05) is 11.6 Å². The average molecular weight is 315 g/mol. The second-order valence-electron chi connectivity index (χ2n) is 3.27. The first-order valence-corrected chi connectivity index (χ1v) is 5.03. The number of rotatable bonds is 2. The molecule has 0 spiro atoms. The number of hydrogen-bond acceptors (Lipinski definition) is 0. The lowest BCUT2D eigenvalue weighted by Gasteiger charge is -2.25. The van der Waals surface area contributed by atoms with Gasteiger partial charge in [-0.05, 0) is 17.7 Å². The minimum Gasteiger partial charge on any atom is -0.204 e. The van der Waals surface area contributed by atoms with E-state index >= 15 is 0 Å². The molecule has 0 amide bonds. The first kappa shape index (κ1) is 15.4. The normalized spacial score (nSPS) is 14.7. The summed E-state index contributed by atoms with van der Waals surface area (Å²) >= 11 is 10.2. The fourth-order valence-electron chi connectivity index (χ4n) is 1.07. The van der Waals surface area contributed by atoms with Gasteiger partial charge in [-0.15, -0.1) is 11.6 Å². The molecule has 0 bridgehead atoms. The number of alkyl halides is 6. The molecule has 0 aliphatic heterocycles. The molecule has 0 fully saturated rings. The summed E-state index contributed by atoms with van der Waals surface area (Å²) in [5, 5.41) is -3.78. The third-order valence-electron chi connectivity index (χ3n) is 2.01. The molecule has 1 aromatic carbocycles. The summed E-state index contributed by atoms with van der Waals surface area (Å²) in [5.74, 6) is -8.44. The Morgan fingerprint density at radius 2 is 1.39 bits per heavy atom. The lowest BCUT2D eigenvalue weighted by atomic mass is 10.1. The molecule has 0 nitrogen and oxygen atoms in total. The summed E-state index contributed by atoms with van der Waals surface area (Å²) in [7, 11) is 0. The molecule has 0 heterocycles. The minimum atomic E-state index is -5.94. The maximum atomic E-state index is 12.9. The van der Waals surface area contributed by atoms with Gasteiger partial charge in [-0.3, -0.25) is 0 Å². The van der Waals surface area contributed by atoms with Gasteiger partial charge in [0.15, 0.2) is 11.6 Å². The highest BCUT2D eigenvalue weighted by molar-refractivity contribution is 6.32. The summed E-state index contributed by atoms with van der Waals surface area (Å²) in [4.78, 5) is 0. The van der Waals surface area contributed by atoms with Crippen molar-refractivity contribution in [3.05, 3.63) is 34.4 Å². The van der Waals surface area contributed by atoms with E-state index in [0.29, 0.717) is 0 Å². The van der Waals surface area contributed by atoms with Crippen molar-refractivity contribution in [2.45, 2.75) is 17.5 Å². The summed E-state index contributed by atoms with van der Waals surface area (Å²) in [6.07, 6.45) is -5.94. The fourth-order valence-corrected chi connectivity index (χ4v) is 1.69. The Morgan fingerprint density at radius 1 is 0.944 bits per heavy atom. The second-order valence-corrected chi connectivity index (χ2v) is 4.11. The van der Waals surface area contributed by atoms with Crippen molar-refractivity contribution >= 4 is 23.2 Å². The Hall–Kier alpha value is -0.690. The van der Waals surface area contributed by atoms with Gasteiger partial charge in [0.25, 0.3) is 0 Å². The molecule has 0 aromatic heterocycles. The molecular formula is C9H3Cl2F7. The van der Waals surface area contributed by atoms with Crippen LogP contribution in [-0.4, -0.2) is 12.1 Å². The molecule has 9 heteroatoms. The van der Waals surface area contributed by atoms with Gasteiger partial charge in [-0.2, -0.15) is 22.0 Å². The van der Waals surface area contributed by atoms with Crippen LogP contribution in [0.25, 0.3) is 0 Å². The zero-order valence-corrected chi connectivity index (χ0v) is 9.65. The molecule has 0 aliphatic carbocycles. The first-order chi connectivity index (χ1) is 7.98. The Labute approximate surface area is 106 Å². The number of benzene rings is 1. The Kier molecular flexibility index (Phi) is 4.07. The van der Waals surface area contributed by atoms with E-state index in [1.807, 2.05) is 0 Å². The van der Waals surface area contributed by atoms with E-state index in [0.717, 1.165) is 0 Å². The Bertz CT molecular complexity index is 455. The number of hydrogen-bond donors (Lipinski definition) is 0. The maximum absolute atomic E-state index is 12.9. The van der Waals surface area contributed by atoms with E-state index in [-0.39, 0.29) is 12.1 Å². The van der Waals surface area contributed by atoms with Crippen molar-refractivity contribution in [3.63, 3.8) is 0 Å². The summed E-state index contributed by atoms with van der Waals surface area (Å²) in [5.41, 5.74) is -1.04. The van der Waals surface area contributed by atoms with Crippen LogP contribution in [0.4, 0.5) is 30.7 Å². The Balaban J connectivity index is 3.27. The van der Waals surface area contributed by atoms with Crippen LogP contribution in [0.2, 0.25) is 5.02 Å². The van der Waals surface area contributed by atoms with Gasteiger partial charge < -0.3 is 0 Å². The monoisotopic (exact) mass is 314 g/mol. The van der Waals surface area contributed by atoms with E-state index in [4.69, 9.17) is 23.2 Å². The van der Waals surface area contributed by atoms with Crippen LogP contribution in [0.1, 0.15) is 10.9 Å². The first-order valence-electron chi connectivity index (χ1n) is 4.21. The predicted molar refractivity (Wildman–Crippen MR) is 51.0 cm³/mol. The van der Waals surface area contributed by atoms with Gasteiger partial charge in [-0.25, -0.2) is 8.78 Å². The Morgan fingerprint density at radius 3 is 1.83 bits per heavy atom. The standard InChI is InChI=1S/C9H3Cl2F7/c10-4-2-6(13)5(12)1-3(4)7(11)8(14,15)9(16,17)18/h1-2,7H. The zero-order chi connectivity index (χ0) is 14.3. The molecule has 0 aliphatic rings. The van der Waals surface area contributed by atoms with Crippen LogP contribution >= 0.6 is 23.2 Å². The number of halogens is 9. The molecule has 1 atom stereocenters. The molecule has 1 rings (SSSR count). The smallest absolute Gasteiger partial charge is 0.204 e. The van der Waals surface area contributed by atoms with Crippen LogP contribution in [-0.2, 0) is 0 Å². The molecule has 18 heavy (non-hydrogen) atoms. The van der Waals surface area contributed by atoms with Crippen molar-refractivity contribution in [3.8, 4) is 0 Å². The molecule has 0 radical (unpaired) electrons. The highest BCUT2D eigenvalue weighted by atomic mass is 35.5. The highest BCUT2D eigenvalue weighted by Crippen LogP contribution is 2.49. The lowest BCUT2D eigenvalue weighted by Crippen LogP contribution is -2.40. The van der Waals surface area contributed by atoms with E-state index in [1.54, 1.807) is 0 Å². The van der Waals surface area contributed by atoms with Crippen molar-refractivity contribution in [2.75, 3.05) is 0 Å².